The topological polar surface area (TPSA) is 73.1 Å². The number of fused-ring (bicyclic) bond motifs is 2. The van der Waals surface area contributed by atoms with E-state index >= 15 is 0 Å². The summed E-state index contributed by atoms with van der Waals surface area (Å²) in [5.74, 6) is 0.670. The number of carbonyl (C=O) groups is 2. The molecule has 2 atom stereocenters. The van der Waals surface area contributed by atoms with E-state index in [1.54, 1.807) is 18.1 Å². The summed E-state index contributed by atoms with van der Waals surface area (Å²) < 4.78 is 0. The van der Waals surface area contributed by atoms with E-state index in [2.05, 4.69) is 88.4 Å². The second-order valence-corrected chi connectivity index (χ2v) is 15.8. The number of hydrogen-bond acceptors (Lipinski definition) is 5. The Bertz CT molecular complexity index is 1240. The summed E-state index contributed by atoms with van der Waals surface area (Å²) in [5.41, 5.74) is 12.0. The third-order valence-electron chi connectivity index (χ3n) is 10.5. The van der Waals surface area contributed by atoms with Gasteiger partial charge in [-0.3, -0.25) is 9.59 Å². The Kier molecular flexibility index (Phi) is 8.18. The van der Waals surface area contributed by atoms with E-state index in [4.69, 9.17) is 10.7 Å². The Hall–Kier alpha value is -1.66. The molecule has 0 saturated carbocycles. The van der Waals surface area contributed by atoms with Crippen LogP contribution in [-0.4, -0.2) is 21.5 Å². The number of nitrogens with two attached hydrogens (primary N) is 1. The molecule has 0 fully saturated rings. The van der Waals surface area contributed by atoms with Crippen molar-refractivity contribution in [3.63, 3.8) is 0 Å². The summed E-state index contributed by atoms with van der Waals surface area (Å²) in [7, 11) is 0. The molecule has 210 valence electrons. The molecule has 2 N–H and O–H groups in total. The lowest BCUT2D eigenvalue weighted by atomic mass is 9.69. The Labute approximate surface area is 240 Å². The summed E-state index contributed by atoms with van der Waals surface area (Å²) in [6.45, 7) is 26.7. The van der Waals surface area contributed by atoms with Crippen LogP contribution in [0, 0.1) is 40.4 Å². The molecule has 0 bridgehead atoms. The lowest BCUT2D eigenvalue weighted by molar-refractivity contribution is -0.135. The van der Waals surface area contributed by atoms with Gasteiger partial charge in [-0.2, -0.15) is 0 Å². The maximum Gasteiger partial charge on any atom is 0.225 e. The molecule has 4 aliphatic carbocycles. The smallest absolute Gasteiger partial charge is 0.225 e. The van der Waals surface area contributed by atoms with Gasteiger partial charge >= 0.3 is 0 Å². The molecule has 38 heavy (non-hydrogen) atoms. The molecule has 1 aromatic heterocycles. The van der Waals surface area contributed by atoms with Crippen molar-refractivity contribution in [2.75, 3.05) is 0 Å². The van der Waals surface area contributed by atoms with Crippen molar-refractivity contribution in [3.05, 3.63) is 32.3 Å². The number of nitrogens with zero attached hydrogens (tertiary/aromatic N) is 1. The zero-order chi connectivity index (χ0) is 29.2. The van der Waals surface area contributed by atoms with Gasteiger partial charge in [0.1, 0.15) is 0 Å². The molecule has 4 aliphatic rings. The van der Waals surface area contributed by atoms with Gasteiger partial charge < -0.3 is 5.73 Å². The first-order chi connectivity index (χ1) is 17.2. The number of thiocarbonyl (C=S) groups is 1. The first-order valence-electron chi connectivity index (χ1n) is 14.0. The molecule has 0 spiro atoms. The summed E-state index contributed by atoms with van der Waals surface area (Å²) in [4.78, 5) is 30.5. The van der Waals surface area contributed by atoms with Crippen LogP contribution in [0.25, 0.3) is 5.57 Å². The number of ketones is 2. The maximum absolute atomic E-state index is 12.0. The number of allylic oxidation sites excluding steroid dienone is 4. The minimum Gasteiger partial charge on any atom is -0.394 e. The number of rotatable bonds is 0. The Morgan fingerprint density at radius 2 is 1.24 bits per heavy atom. The summed E-state index contributed by atoms with van der Waals surface area (Å²) in [6.07, 6.45) is 3.63. The van der Waals surface area contributed by atoms with Gasteiger partial charge in [-0.05, 0) is 72.2 Å². The molecule has 0 radical (unpaired) electrons. The van der Waals surface area contributed by atoms with Crippen LogP contribution in [0.5, 0.6) is 0 Å². The van der Waals surface area contributed by atoms with Crippen molar-refractivity contribution < 1.29 is 9.59 Å². The number of thiazole rings is 1. The van der Waals surface area contributed by atoms with Crippen molar-refractivity contribution in [2.24, 2.45) is 39.2 Å². The van der Waals surface area contributed by atoms with E-state index in [1.807, 2.05) is 11.3 Å². The minimum atomic E-state index is -0.219. The highest BCUT2D eigenvalue weighted by Crippen LogP contribution is 2.63. The van der Waals surface area contributed by atoms with Crippen LogP contribution < -0.4 is 5.73 Å². The number of carbonyl (C=O) groups excluding carboxylic acids is 2. The fraction of sp³-hybridized carbons (Fsp3) is 0.688. The highest BCUT2D eigenvalue weighted by Gasteiger charge is 2.54. The van der Waals surface area contributed by atoms with Gasteiger partial charge in [0, 0.05) is 16.9 Å². The van der Waals surface area contributed by atoms with Crippen LogP contribution in [-0.2, 0) is 16.0 Å². The van der Waals surface area contributed by atoms with Crippen molar-refractivity contribution in [1.82, 2.24) is 4.98 Å². The van der Waals surface area contributed by atoms with Gasteiger partial charge in [-0.15, -0.1) is 11.3 Å². The fourth-order valence-electron chi connectivity index (χ4n) is 7.52. The third kappa shape index (κ3) is 4.89. The molecule has 0 saturated heterocycles. The zero-order valence-corrected chi connectivity index (χ0v) is 27.3. The molecule has 1 aromatic rings. The van der Waals surface area contributed by atoms with Crippen LogP contribution in [0.1, 0.15) is 111 Å². The quantitative estimate of drug-likeness (QED) is 0.258. The SMILES string of the molecule is CC(N)=S.CC1C(C)(C)C2=C(C(=O)C(=O)CC2)C1(C)C.Cc1nc2c(s1)CCC1=C2C(C)(C)C(C)C1(C)C. The maximum atomic E-state index is 12.0. The van der Waals surface area contributed by atoms with Crippen molar-refractivity contribution >= 4 is 45.7 Å². The lowest BCUT2D eigenvalue weighted by Crippen LogP contribution is -2.30. The zero-order valence-electron chi connectivity index (χ0n) is 25.6. The molecule has 4 nitrogen and oxygen atoms in total. The van der Waals surface area contributed by atoms with Gasteiger partial charge in [0.15, 0.2) is 0 Å². The molecule has 5 rings (SSSR count). The predicted octanol–water partition coefficient (Wildman–Crippen LogP) is 8.06. The van der Waals surface area contributed by atoms with Crippen LogP contribution in [0.2, 0.25) is 0 Å². The Balaban J connectivity index is 0.000000186. The Morgan fingerprint density at radius 3 is 1.74 bits per heavy atom. The van der Waals surface area contributed by atoms with Crippen LogP contribution in [0.3, 0.4) is 0 Å². The largest absolute Gasteiger partial charge is 0.394 e. The molecule has 6 heteroatoms. The predicted molar refractivity (Wildman–Crippen MR) is 164 cm³/mol. The first kappa shape index (κ1) is 30.9. The summed E-state index contributed by atoms with van der Waals surface area (Å²) >= 11 is 6.21. The monoisotopic (exact) mass is 556 g/mol. The van der Waals surface area contributed by atoms with Crippen molar-refractivity contribution in [1.29, 1.82) is 0 Å². The van der Waals surface area contributed by atoms with E-state index in [0.717, 1.165) is 12.0 Å². The van der Waals surface area contributed by atoms with E-state index in [9.17, 15) is 9.59 Å². The number of Topliss-reactive ketones (excluding diaryl/α,β-unsaturated/α-hetero) is 2. The standard InChI is InChI=1S/C16H23NS.C14H20O2.C2H5NS/c1-9-15(3,4)11-7-8-12-14(17-10(2)18-12)13(11)16(9,5)6;1-8-13(2,3)9-6-7-10(15)12(16)11(9)14(8,4)5;1-2(3)4/h9H,7-8H2,1-6H3;8H,6-7H2,1-5H3;1H3,(H2,3,4). The second kappa shape index (κ2) is 10.1. The van der Waals surface area contributed by atoms with E-state index in [0.29, 0.717) is 28.7 Å². The molecule has 0 aliphatic heterocycles. The number of aryl methyl sites for hydroxylation is 2. The number of hydrogen-bond donors (Lipinski definition) is 1. The molecular formula is C32H48N2O2S2. The van der Waals surface area contributed by atoms with E-state index in [-0.39, 0.29) is 27.8 Å². The van der Waals surface area contributed by atoms with Crippen LogP contribution >= 0.6 is 23.6 Å². The van der Waals surface area contributed by atoms with E-state index < -0.39 is 0 Å². The second-order valence-electron chi connectivity index (χ2n) is 13.9. The lowest BCUT2D eigenvalue weighted by Gasteiger charge is -2.34. The minimum absolute atomic E-state index is 0.0508. The summed E-state index contributed by atoms with van der Waals surface area (Å²) in [5, 5.41) is 1.22. The van der Waals surface area contributed by atoms with Gasteiger partial charge in [0.2, 0.25) is 11.6 Å². The molecule has 2 unspecified atom stereocenters. The average molecular weight is 557 g/mol. The van der Waals surface area contributed by atoms with Crippen LogP contribution in [0.4, 0.5) is 0 Å². The number of aromatic nitrogens is 1. The van der Waals surface area contributed by atoms with Crippen LogP contribution in [0.15, 0.2) is 16.7 Å². The molecule has 0 aromatic carbocycles. The fourth-order valence-corrected chi connectivity index (χ4v) is 8.46. The van der Waals surface area contributed by atoms with Crippen molar-refractivity contribution in [3.8, 4) is 0 Å². The summed E-state index contributed by atoms with van der Waals surface area (Å²) in [6, 6.07) is 0. The Morgan fingerprint density at radius 1 is 0.816 bits per heavy atom. The van der Waals surface area contributed by atoms with Gasteiger partial charge in [0.05, 0.1) is 15.7 Å². The third-order valence-corrected chi connectivity index (χ3v) is 11.5. The van der Waals surface area contributed by atoms with E-state index in [1.165, 1.54) is 34.0 Å². The molecule has 1 heterocycles. The molecule has 0 amide bonds. The highest BCUT2D eigenvalue weighted by molar-refractivity contribution is 7.80. The first-order valence-corrected chi connectivity index (χ1v) is 15.2. The highest BCUT2D eigenvalue weighted by atomic mass is 32.1. The normalized spacial score (nSPS) is 27.5. The van der Waals surface area contributed by atoms with Gasteiger partial charge in [0.25, 0.3) is 0 Å². The van der Waals surface area contributed by atoms with Crippen molar-refractivity contribution in [2.45, 2.75) is 109 Å². The average Bonchev–Trinajstić information content (AvgIpc) is 3.28. The van der Waals surface area contributed by atoms with Gasteiger partial charge in [-0.1, -0.05) is 92.6 Å². The van der Waals surface area contributed by atoms with Gasteiger partial charge in [-0.25, -0.2) is 4.98 Å². The molecular weight excluding hydrogens is 508 g/mol.